The van der Waals surface area contributed by atoms with Gasteiger partial charge in [0.2, 0.25) is 0 Å². The molecule has 0 spiro atoms. The van der Waals surface area contributed by atoms with Gasteiger partial charge in [-0.25, -0.2) is 0 Å². The van der Waals surface area contributed by atoms with E-state index in [1.54, 1.807) is 0 Å². The monoisotopic (exact) mass is 276 g/mol. The lowest BCUT2D eigenvalue weighted by atomic mass is 9.73. The van der Waals surface area contributed by atoms with Gasteiger partial charge < -0.3 is 9.84 Å². The van der Waals surface area contributed by atoms with E-state index in [0.29, 0.717) is 0 Å². The van der Waals surface area contributed by atoms with E-state index >= 15 is 0 Å². The van der Waals surface area contributed by atoms with Gasteiger partial charge in [-0.1, -0.05) is 30.3 Å². The Hall–Kier alpha value is -2.17. The lowest BCUT2D eigenvalue weighted by Crippen LogP contribution is -2.41. The first-order valence-electron chi connectivity index (χ1n) is 6.36. The third-order valence-electron chi connectivity index (χ3n) is 3.86. The molecule has 2 rings (SSSR count). The molecule has 20 heavy (non-hydrogen) atoms. The summed E-state index contributed by atoms with van der Waals surface area (Å²) in [7, 11) is 1.22. The molecule has 0 amide bonds. The van der Waals surface area contributed by atoms with Crippen LogP contribution in [-0.4, -0.2) is 29.9 Å². The lowest BCUT2D eigenvalue weighted by molar-refractivity contribution is -0.163. The number of methoxy groups -OCH3 is 1. The number of hydrogen-bond donors (Lipinski definition) is 1. The lowest BCUT2D eigenvalue weighted by Gasteiger charge is -2.29. The summed E-state index contributed by atoms with van der Waals surface area (Å²) >= 11 is 0. The Balaban J connectivity index is 2.42. The molecule has 1 aromatic rings. The number of benzene rings is 1. The van der Waals surface area contributed by atoms with Crippen molar-refractivity contribution in [1.82, 2.24) is 0 Å². The zero-order valence-corrected chi connectivity index (χ0v) is 11.2. The van der Waals surface area contributed by atoms with Gasteiger partial charge in [0, 0.05) is 12.8 Å². The van der Waals surface area contributed by atoms with Crippen LogP contribution in [0.2, 0.25) is 0 Å². The first-order chi connectivity index (χ1) is 9.49. The predicted octanol–water partition coefficient (Wildman–Crippen LogP) is 1.45. The van der Waals surface area contributed by atoms with Crippen LogP contribution >= 0.6 is 0 Å². The third kappa shape index (κ3) is 2.43. The number of carbonyl (C=O) groups excluding carboxylic acids is 2. The smallest absolute Gasteiger partial charge is 0.313 e. The van der Waals surface area contributed by atoms with Crippen molar-refractivity contribution in [2.24, 2.45) is 11.3 Å². The number of hydrogen-bond acceptors (Lipinski definition) is 4. The number of carbonyl (C=O) groups is 3. The highest BCUT2D eigenvalue weighted by Gasteiger charge is 2.56. The number of Topliss-reactive ketones (excluding diaryl/α,β-unsaturated/α-hetero) is 1. The fourth-order valence-corrected chi connectivity index (χ4v) is 2.93. The highest BCUT2D eigenvalue weighted by molar-refractivity contribution is 5.97. The van der Waals surface area contributed by atoms with Gasteiger partial charge in [-0.2, -0.15) is 0 Å². The molecule has 0 heterocycles. The van der Waals surface area contributed by atoms with Crippen LogP contribution in [0.25, 0.3) is 0 Å². The van der Waals surface area contributed by atoms with E-state index in [-0.39, 0.29) is 25.0 Å². The van der Waals surface area contributed by atoms with E-state index in [0.717, 1.165) is 5.56 Å². The van der Waals surface area contributed by atoms with Crippen molar-refractivity contribution >= 4 is 17.7 Å². The Bertz CT molecular complexity index is 536. The number of rotatable bonds is 4. The molecule has 0 radical (unpaired) electrons. The standard InChI is InChI=1S/C15H16O5/c1-20-14(19)15(8-10-5-3-2-4-6-10)9-11(16)7-12(15)13(17)18/h2-6,12H,7-9H2,1H3,(H,17,18)/t12-,15-/m1/s1. The average Bonchev–Trinajstić information content (AvgIpc) is 2.77. The molecule has 0 aliphatic heterocycles. The van der Waals surface area contributed by atoms with Crippen LogP contribution in [0.1, 0.15) is 18.4 Å². The van der Waals surface area contributed by atoms with Gasteiger partial charge in [-0.3, -0.25) is 14.4 Å². The maximum atomic E-state index is 12.2. The normalized spacial score (nSPS) is 25.4. The van der Waals surface area contributed by atoms with E-state index in [4.69, 9.17) is 4.74 Å². The summed E-state index contributed by atoms with van der Waals surface area (Å²) in [6, 6.07) is 9.08. The quantitative estimate of drug-likeness (QED) is 0.842. The van der Waals surface area contributed by atoms with Gasteiger partial charge in [-0.15, -0.1) is 0 Å². The summed E-state index contributed by atoms with van der Waals surface area (Å²) in [4.78, 5) is 35.3. The Morgan fingerprint density at radius 3 is 2.55 bits per heavy atom. The van der Waals surface area contributed by atoms with Gasteiger partial charge in [0.05, 0.1) is 18.4 Å². The van der Waals surface area contributed by atoms with E-state index in [1.807, 2.05) is 30.3 Å². The van der Waals surface area contributed by atoms with E-state index in [1.165, 1.54) is 7.11 Å². The minimum absolute atomic E-state index is 0.0778. The van der Waals surface area contributed by atoms with Crippen LogP contribution in [-0.2, 0) is 25.5 Å². The van der Waals surface area contributed by atoms with Crippen molar-refractivity contribution < 1.29 is 24.2 Å². The van der Waals surface area contributed by atoms with Crippen molar-refractivity contribution in [2.45, 2.75) is 19.3 Å². The molecule has 1 aliphatic rings. The predicted molar refractivity (Wildman–Crippen MR) is 70.0 cm³/mol. The van der Waals surface area contributed by atoms with Crippen LogP contribution in [0.5, 0.6) is 0 Å². The Kier molecular flexibility index (Phi) is 3.88. The molecule has 5 heteroatoms. The molecule has 1 fully saturated rings. The van der Waals surface area contributed by atoms with Gasteiger partial charge in [0.1, 0.15) is 5.78 Å². The van der Waals surface area contributed by atoms with E-state index < -0.39 is 23.3 Å². The van der Waals surface area contributed by atoms with Crippen LogP contribution in [0.4, 0.5) is 0 Å². The second kappa shape index (κ2) is 5.45. The molecular formula is C15H16O5. The van der Waals surface area contributed by atoms with Crippen molar-refractivity contribution in [3.8, 4) is 0 Å². The molecule has 2 atom stereocenters. The first kappa shape index (κ1) is 14.2. The molecule has 1 aliphatic carbocycles. The summed E-state index contributed by atoms with van der Waals surface area (Å²) in [6.45, 7) is 0. The minimum atomic E-state index is -1.29. The van der Waals surface area contributed by atoms with Crippen molar-refractivity contribution in [3.05, 3.63) is 35.9 Å². The van der Waals surface area contributed by atoms with E-state index in [2.05, 4.69) is 0 Å². The molecule has 0 unspecified atom stereocenters. The van der Waals surface area contributed by atoms with Gasteiger partial charge in [0.15, 0.2) is 0 Å². The highest BCUT2D eigenvalue weighted by Crippen LogP contribution is 2.45. The Labute approximate surface area is 116 Å². The number of carboxylic acids is 1. The van der Waals surface area contributed by atoms with Crippen LogP contribution in [0.3, 0.4) is 0 Å². The second-order valence-corrected chi connectivity index (χ2v) is 5.12. The maximum Gasteiger partial charge on any atom is 0.313 e. The molecule has 0 saturated heterocycles. The zero-order chi connectivity index (χ0) is 14.8. The minimum Gasteiger partial charge on any atom is -0.481 e. The van der Waals surface area contributed by atoms with Crippen LogP contribution in [0, 0.1) is 11.3 Å². The fraction of sp³-hybridized carbons (Fsp3) is 0.400. The van der Waals surface area contributed by atoms with Crippen LogP contribution in [0.15, 0.2) is 30.3 Å². The first-order valence-corrected chi connectivity index (χ1v) is 6.36. The summed E-state index contributed by atoms with van der Waals surface area (Å²) in [5.74, 6) is -2.99. The molecule has 5 nitrogen and oxygen atoms in total. The van der Waals surface area contributed by atoms with Gasteiger partial charge >= 0.3 is 11.9 Å². The fourth-order valence-electron chi connectivity index (χ4n) is 2.93. The van der Waals surface area contributed by atoms with Crippen LogP contribution < -0.4 is 0 Å². The summed E-state index contributed by atoms with van der Waals surface area (Å²) < 4.78 is 4.78. The SMILES string of the molecule is COC(=O)[C@]1(Cc2ccccc2)CC(=O)C[C@@H]1C(=O)O. The van der Waals surface area contributed by atoms with E-state index in [9.17, 15) is 19.5 Å². The van der Waals surface area contributed by atoms with Gasteiger partial charge in [0.25, 0.3) is 0 Å². The van der Waals surface area contributed by atoms with Gasteiger partial charge in [-0.05, 0) is 12.0 Å². The number of esters is 1. The van der Waals surface area contributed by atoms with Crippen molar-refractivity contribution in [3.63, 3.8) is 0 Å². The van der Waals surface area contributed by atoms with Crippen molar-refractivity contribution in [1.29, 1.82) is 0 Å². The Morgan fingerprint density at radius 1 is 1.35 bits per heavy atom. The summed E-state index contributed by atoms with van der Waals surface area (Å²) in [5.41, 5.74) is -0.474. The highest BCUT2D eigenvalue weighted by atomic mass is 16.5. The largest absolute Gasteiger partial charge is 0.481 e. The second-order valence-electron chi connectivity index (χ2n) is 5.12. The van der Waals surface area contributed by atoms with Crippen molar-refractivity contribution in [2.75, 3.05) is 7.11 Å². The molecule has 0 aromatic heterocycles. The number of ether oxygens (including phenoxy) is 1. The molecular weight excluding hydrogens is 260 g/mol. The summed E-state index contributed by atoms with van der Waals surface area (Å²) in [6.07, 6.45) is 0.00597. The summed E-state index contributed by atoms with van der Waals surface area (Å²) in [5, 5.41) is 9.33. The Morgan fingerprint density at radius 2 is 2.00 bits per heavy atom. The topological polar surface area (TPSA) is 80.7 Å². The molecule has 106 valence electrons. The number of carboxylic acid groups (broad SMARTS) is 1. The zero-order valence-electron chi connectivity index (χ0n) is 11.2. The molecule has 1 N–H and O–H groups in total. The molecule has 1 aromatic carbocycles. The molecule has 0 bridgehead atoms. The average molecular weight is 276 g/mol. The third-order valence-corrected chi connectivity index (χ3v) is 3.86. The number of ketones is 1. The maximum absolute atomic E-state index is 12.2. The number of aliphatic carboxylic acids is 1. The molecule has 1 saturated carbocycles.